The minimum absolute atomic E-state index is 0.0372. The number of fused-ring (bicyclic) bond motifs is 1. The van der Waals surface area contributed by atoms with Crippen LogP contribution in [-0.2, 0) is 15.9 Å². The molecule has 3 aromatic rings. The lowest BCUT2D eigenvalue weighted by atomic mass is 10.0. The van der Waals surface area contributed by atoms with Crippen molar-refractivity contribution in [1.29, 1.82) is 0 Å². The lowest BCUT2D eigenvalue weighted by Crippen LogP contribution is -2.16. The van der Waals surface area contributed by atoms with Crippen molar-refractivity contribution in [2.75, 3.05) is 45.6 Å². The summed E-state index contributed by atoms with van der Waals surface area (Å²) in [5, 5.41) is 3.21. The van der Waals surface area contributed by atoms with E-state index < -0.39 is 12.2 Å². The van der Waals surface area contributed by atoms with Crippen molar-refractivity contribution in [3.05, 3.63) is 35.5 Å². The maximum atomic E-state index is 12.1. The fourth-order valence-corrected chi connectivity index (χ4v) is 3.53. The first-order valence-corrected chi connectivity index (χ1v) is 11.0. The molecule has 1 amide bonds. The summed E-state index contributed by atoms with van der Waals surface area (Å²) >= 11 is 0. The van der Waals surface area contributed by atoms with Gasteiger partial charge in [0, 0.05) is 11.8 Å². The molecule has 36 heavy (non-hydrogen) atoms. The first-order chi connectivity index (χ1) is 17.3. The van der Waals surface area contributed by atoms with Gasteiger partial charge in [0.2, 0.25) is 11.7 Å². The van der Waals surface area contributed by atoms with Crippen LogP contribution >= 0.6 is 0 Å². The molecule has 2 aromatic carbocycles. The molecule has 0 aliphatic heterocycles. The van der Waals surface area contributed by atoms with Gasteiger partial charge in [0.05, 0.1) is 45.9 Å². The van der Waals surface area contributed by atoms with Gasteiger partial charge in [-0.1, -0.05) is 6.07 Å². The van der Waals surface area contributed by atoms with Crippen LogP contribution in [0.3, 0.4) is 0 Å². The van der Waals surface area contributed by atoms with Gasteiger partial charge in [0.25, 0.3) is 0 Å². The Morgan fingerprint density at radius 2 is 1.64 bits per heavy atom. The second-order valence-electron chi connectivity index (χ2n) is 7.21. The molecular weight excluding hydrogens is 472 g/mol. The highest BCUT2D eigenvalue weighted by Gasteiger charge is 2.21. The van der Waals surface area contributed by atoms with E-state index in [-0.39, 0.29) is 37.0 Å². The third kappa shape index (κ3) is 5.77. The van der Waals surface area contributed by atoms with E-state index in [2.05, 4.69) is 15.3 Å². The summed E-state index contributed by atoms with van der Waals surface area (Å²) in [6.45, 7) is 3.63. The number of amides is 1. The molecule has 0 fully saturated rings. The van der Waals surface area contributed by atoms with Gasteiger partial charge in [0.15, 0.2) is 17.2 Å². The summed E-state index contributed by atoms with van der Waals surface area (Å²) in [5.41, 5.74) is 7.95. The highest BCUT2D eigenvalue weighted by Crippen LogP contribution is 2.43. The Morgan fingerprint density at radius 3 is 2.28 bits per heavy atom. The molecule has 0 atom stereocenters. The maximum absolute atomic E-state index is 12.1. The van der Waals surface area contributed by atoms with Crippen molar-refractivity contribution in [1.82, 2.24) is 9.97 Å². The average molecular weight is 501 g/mol. The zero-order chi connectivity index (χ0) is 26.2. The number of hydrogen-bond donors (Lipinski definition) is 2. The lowest BCUT2D eigenvalue weighted by Gasteiger charge is -2.16. The molecule has 0 saturated carbocycles. The Bertz CT molecular complexity index is 1260. The number of methoxy groups -OCH3 is 3. The number of nitrogen functional groups attached to an aromatic ring is 1. The highest BCUT2D eigenvalue weighted by atomic mass is 16.7. The van der Waals surface area contributed by atoms with E-state index in [0.29, 0.717) is 39.4 Å². The van der Waals surface area contributed by atoms with Crippen LogP contribution in [0.4, 0.5) is 21.2 Å². The SMILES string of the molecule is CCOC(=O)Nc1cc(Cc2nc(N)nc3c(OC)c(OC)c(OC)cc23)ccc1OC(=O)OCC. The van der Waals surface area contributed by atoms with Gasteiger partial charge in [-0.2, -0.15) is 0 Å². The standard InChI is InChI=1S/C24H28N4O8/c1-6-34-23(29)27-16-11-13(8-9-17(16)36-24(30)35-7-2)10-15-14-12-18(31-3)20(32-4)21(33-5)19(14)28-22(25)26-15/h8-9,11-12H,6-7,10H2,1-5H3,(H,27,29)(H2,25,26,28). The zero-order valence-electron chi connectivity index (χ0n) is 20.7. The van der Waals surface area contributed by atoms with E-state index in [9.17, 15) is 9.59 Å². The lowest BCUT2D eigenvalue weighted by molar-refractivity contribution is 0.104. The van der Waals surface area contributed by atoms with E-state index in [4.69, 9.17) is 34.2 Å². The molecule has 0 aliphatic rings. The van der Waals surface area contributed by atoms with Crippen LogP contribution in [0.15, 0.2) is 24.3 Å². The summed E-state index contributed by atoms with van der Waals surface area (Å²) in [6.07, 6.45) is -1.33. The number of hydrogen-bond acceptors (Lipinski definition) is 11. The van der Waals surface area contributed by atoms with Gasteiger partial charge in [-0.3, -0.25) is 5.32 Å². The molecule has 12 heteroatoms. The van der Waals surface area contributed by atoms with E-state index in [0.717, 1.165) is 0 Å². The second-order valence-corrected chi connectivity index (χ2v) is 7.21. The fourth-order valence-electron chi connectivity index (χ4n) is 3.53. The number of rotatable bonds is 9. The van der Waals surface area contributed by atoms with Gasteiger partial charge < -0.3 is 34.2 Å². The van der Waals surface area contributed by atoms with Crippen molar-refractivity contribution in [2.24, 2.45) is 0 Å². The van der Waals surface area contributed by atoms with Crippen LogP contribution in [0.25, 0.3) is 10.9 Å². The number of benzene rings is 2. The molecule has 3 N–H and O–H groups in total. The molecule has 3 rings (SSSR count). The Morgan fingerprint density at radius 1 is 0.917 bits per heavy atom. The Labute approximate surface area is 207 Å². The number of carbonyl (C=O) groups excluding carboxylic acids is 2. The Hall–Kier alpha value is -4.48. The van der Waals surface area contributed by atoms with Gasteiger partial charge in [-0.05, 0) is 37.6 Å². The van der Waals surface area contributed by atoms with Crippen molar-refractivity contribution >= 4 is 34.8 Å². The van der Waals surface area contributed by atoms with Gasteiger partial charge >= 0.3 is 12.2 Å². The summed E-state index contributed by atoms with van der Waals surface area (Å²) in [5.74, 6) is 1.28. The summed E-state index contributed by atoms with van der Waals surface area (Å²) in [6, 6.07) is 6.62. The number of nitrogens with zero attached hydrogens (tertiary/aromatic N) is 2. The first-order valence-electron chi connectivity index (χ1n) is 11.0. The van der Waals surface area contributed by atoms with Crippen LogP contribution in [-0.4, -0.2) is 56.8 Å². The molecule has 0 bridgehead atoms. The molecule has 1 heterocycles. The predicted molar refractivity (Wildman–Crippen MR) is 131 cm³/mol. The van der Waals surface area contributed by atoms with Crippen molar-refractivity contribution in [3.63, 3.8) is 0 Å². The number of aromatic nitrogens is 2. The van der Waals surface area contributed by atoms with Gasteiger partial charge in [-0.25, -0.2) is 19.6 Å². The van der Waals surface area contributed by atoms with Gasteiger partial charge in [0.1, 0.15) is 5.52 Å². The zero-order valence-corrected chi connectivity index (χ0v) is 20.7. The maximum Gasteiger partial charge on any atom is 0.513 e. The number of carbonyl (C=O) groups is 2. The number of nitrogens with two attached hydrogens (primary N) is 1. The molecule has 0 aliphatic carbocycles. The third-order valence-corrected chi connectivity index (χ3v) is 4.97. The third-order valence-electron chi connectivity index (χ3n) is 4.97. The largest absolute Gasteiger partial charge is 0.513 e. The Balaban J connectivity index is 2.08. The fraction of sp³-hybridized carbons (Fsp3) is 0.333. The number of ether oxygens (including phenoxy) is 6. The van der Waals surface area contributed by atoms with Crippen LogP contribution in [0.1, 0.15) is 25.1 Å². The second kappa shape index (κ2) is 11.8. The minimum Gasteiger partial charge on any atom is -0.493 e. The molecule has 1 aromatic heterocycles. The topological polar surface area (TPSA) is 153 Å². The van der Waals surface area contributed by atoms with E-state index in [1.807, 2.05) is 0 Å². The van der Waals surface area contributed by atoms with Crippen LogP contribution < -0.4 is 30.0 Å². The molecule has 0 radical (unpaired) electrons. The quantitative estimate of drug-likeness (QED) is 0.324. The van der Waals surface area contributed by atoms with Crippen LogP contribution in [0.5, 0.6) is 23.0 Å². The van der Waals surface area contributed by atoms with E-state index in [1.165, 1.54) is 27.4 Å². The average Bonchev–Trinajstić information content (AvgIpc) is 2.84. The van der Waals surface area contributed by atoms with Crippen molar-refractivity contribution in [3.8, 4) is 23.0 Å². The molecule has 0 spiro atoms. The minimum atomic E-state index is -0.903. The van der Waals surface area contributed by atoms with Crippen molar-refractivity contribution in [2.45, 2.75) is 20.3 Å². The van der Waals surface area contributed by atoms with E-state index >= 15 is 0 Å². The molecular formula is C24H28N4O8. The molecule has 0 saturated heterocycles. The summed E-state index contributed by atoms with van der Waals surface area (Å²) in [4.78, 5) is 32.7. The smallest absolute Gasteiger partial charge is 0.493 e. The molecule has 192 valence electrons. The van der Waals surface area contributed by atoms with Crippen LogP contribution in [0, 0.1) is 0 Å². The summed E-state index contributed by atoms with van der Waals surface area (Å²) < 4.78 is 31.5. The first kappa shape index (κ1) is 26.1. The number of nitrogens with one attached hydrogen (secondary N) is 1. The predicted octanol–water partition coefficient (Wildman–Crippen LogP) is 3.93. The highest BCUT2D eigenvalue weighted by molar-refractivity contribution is 5.92. The monoisotopic (exact) mass is 500 g/mol. The van der Waals surface area contributed by atoms with Gasteiger partial charge in [-0.15, -0.1) is 0 Å². The summed E-state index contributed by atoms with van der Waals surface area (Å²) in [7, 11) is 4.50. The Kier molecular flexibility index (Phi) is 8.55. The van der Waals surface area contributed by atoms with Crippen LogP contribution in [0.2, 0.25) is 0 Å². The molecule has 0 unspecified atom stereocenters. The van der Waals surface area contributed by atoms with E-state index in [1.54, 1.807) is 32.0 Å². The van der Waals surface area contributed by atoms with Crippen molar-refractivity contribution < 1.29 is 38.0 Å². The molecule has 12 nitrogen and oxygen atoms in total. The number of anilines is 2. The normalized spacial score (nSPS) is 10.5.